The molecule has 1 saturated heterocycles. The molecule has 0 unspecified atom stereocenters. The average Bonchev–Trinajstić information content (AvgIpc) is 2.42. The predicted molar refractivity (Wildman–Crippen MR) is 76.6 cm³/mol. The molecule has 0 atom stereocenters. The van der Waals surface area contributed by atoms with Crippen molar-refractivity contribution in [2.45, 2.75) is 26.2 Å². The fourth-order valence-corrected chi connectivity index (χ4v) is 2.22. The molecule has 2 rings (SSSR count). The predicted octanol–water partition coefficient (Wildman–Crippen LogP) is 2.30. The molecule has 0 saturated carbocycles. The van der Waals surface area contributed by atoms with E-state index in [9.17, 15) is 4.79 Å². The molecule has 0 spiro atoms. The maximum absolute atomic E-state index is 12.1. The maximum atomic E-state index is 12.1. The number of amides is 2. The highest BCUT2D eigenvalue weighted by Crippen LogP contribution is 2.18. The molecule has 2 amide bonds. The largest absolute Gasteiger partial charge is 0.384 e. The molecule has 5 heteroatoms. The van der Waals surface area contributed by atoms with Gasteiger partial charge in [-0.15, -0.1) is 0 Å². The summed E-state index contributed by atoms with van der Waals surface area (Å²) in [7, 11) is 0. The van der Waals surface area contributed by atoms with Gasteiger partial charge in [0.2, 0.25) is 0 Å². The summed E-state index contributed by atoms with van der Waals surface area (Å²) in [6, 6.07) is 5.33. The molecule has 1 aliphatic rings. The third-order valence-electron chi connectivity index (χ3n) is 3.43. The number of nitrogens with two attached hydrogens (primary N) is 1. The van der Waals surface area contributed by atoms with Crippen LogP contribution in [0.1, 0.15) is 30.4 Å². The van der Waals surface area contributed by atoms with Crippen molar-refractivity contribution < 1.29 is 4.79 Å². The maximum Gasteiger partial charge on any atom is 0.321 e. The van der Waals surface area contributed by atoms with Gasteiger partial charge in [0, 0.05) is 24.3 Å². The zero-order valence-electron chi connectivity index (χ0n) is 11.2. The van der Waals surface area contributed by atoms with Crippen LogP contribution < -0.4 is 11.1 Å². The van der Waals surface area contributed by atoms with Gasteiger partial charge in [0.05, 0.1) is 0 Å². The van der Waals surface area contributed by atoms with Gasteiger partial charge in [0.25, 0.3) is 0 Å². The molecule has 1 aromatic rings. The zero-order valence-corrected chi connectivity index (χ0v) is 11.2. The molecule has 102 valence electrons. The quantitative estimate of drug-likeness (QED) is 0.563. The average molecular weight is 260 g/mol. The molecule has 1 aliphatic heterocycles. The second-order valence-corrected chi connectivity index (χ2v) is 4.92. The number of nitrogens with one attached hydrogen (secondary N) is 2. The van der Waals surface area contributed by atoms with E-state index in [1.165, 1.54) is 6.42 Å². The van der Waals surface area contributed by atoms with Crippen LogP contribution >= 0.6 is 0 Å². The van der Waals surface area contributed by atoms with Gasteiger partial charge in [-0.2, -0.15) is 0 Å². The number of urea groups is 1. The van der Waals surface area contributed by atoms with E-state index in [2.05, 4.69) is 5.32 Å². The van der Waals surface area contributed by atoms with Crippen LogP contribution in [0.4, 0.5) is 10.5 Å². The first kappa shape index (κ1) is 13.4. The van der Waals surface area contributed by atoms with Gasteiger partial charge in [-0.05, 0) is 37.8 Å². The van der Waals surface area contributed by atoms with E-state index in [-0.39, 0.29) is 11.9 Å². The molecule has 1 fully saturated rings. The Bertz CT molecular complexity index is 492. The monoisotopic (exact) mass is 260 g/mol. The van der Waals surface area contributed by atoms with Crippen molar-refractivity contribution in [1.82, 2.24) is 4.90 Å². The Morgan fingerprint density at radius 1 is 1.32 bits per heavy atom. The van der Waals surface area contributed by atoms with Gasteiger partial charge in [0.1, 0.15) is 5.84 Å². The van der Waals surface area contributed by atoms with E-state index in [1.807, 2.05) is 17.9 Å². The minimum Gasteiger partial charge on any atom is -0.384 e. The molecule has 0 aliphatic carbocycles. The summed E-state index contributed by atoms with van der Waals surface area (Å²) in [4.78, 5) is 14.0. The zero-order chi connectivity index (χ0) is 13.8. The standard InChI is InChI=1S/C14H20N4O/c1-10-5-6-11(13(15)16)9-12(10)17-14(19)18-7-3-2-4-8-18/h5-6,9H,2-4,7-8H2,1H3,(H3,15,16)(H,17,19). The lowest BCUT2D eigenvalue weighted by atomic mass is 10.1. The Morgan fingerprint density at radius 3 is 2.63 bits per heavy atom. The first-order chi connectivity index (χ1) is 9.08. The number of amidine groups is 1. The number of anilines is 1. The SMILES string of the molecule is Cc1ccc(C(=N)N)cc1NC(=O)N1CCCCC1. The van der Waals surface area contributed by atoms with E-state index in [0.29, 0.717) is 5.56 Å². The molecular weight excluding hydrogens is 240 g/mol. The lowest BCUT2D eigenvalue weighted by molar-refractivity contribution is 0.200. The summed E-state index contributed by atoms with van der Waals surface area (Å²) in [5.74, 6) is 0.00784. The van der Waals surface area contributed by atoms with Crippen LogP contribution in [0.3, 0.4) is 0 Å². The van der Waals surface area contributed by atoms with Crippen LogP contribution in [0, 0.1) is 12.3 Å². The van der Waals surface area contributed by atoms with Crippen molar-refractivity contribution in [3.8, 4) is 0 Å². The van der Waals surface area contributed by atoms with Crippen molar-refractivity contribution in [2.24, 2.45) is 5.73 Å². The molecule has 5 nitrogen and oxygen atoms in total. The highest BCUT2D eigenvalue weighted by molar-refractivity contribution is 5.97. The molecule has 1 aromatic carbocycles. The number of rotatable bonds is 2. The number of carbonyl (C=O) groups is 1. The number of nitrogen functional groups attached to an aromatic ring is 1. The Labute approximate surface area is 113 Å². The Hall–Kier alpha value is -2.04. The van der Waals surface area contributed by atoms with Crippen LogP contribution in [-0.4, -0.2) is 29.9 Å². The summed E-state index contributed by atoms with van der Waals surface area (Å²) >= 11 is 0. The molecule has 0 aromatic heterocycles. The summed E-state index contributed by atoms with van der Waals surface area (Å²) in [5, 5.41) is 10.3. The van der Waals surface area contributed by atoms with Crippen LogP contribution in [0.25, 0.3) is 0 Å². The summed E-state index contributed by atoms with van der Waals surface area (Å²) in [6.07, 6.45) is 3.34. The van der Waals surface area contributed by atoms with Crippen LogP contribution in [0.15, 0.2) is 18.2 Å². The van der Waals surface area contributed by atoms with E-state index in [1.54, 1.807) is 12.1 Å². The number of nitrogens with zero attached hydrogens (tertiary/aromatic N) is 1. The van der Waals surface area contributed by atoms with E-state index in [4.69, 9.17) is 11.1 Å². The van der Waals surface area contributed by atoms with Crippen molar-refractivity contribution in [1.29, 1.82) is 5.41 Å². The van der Waals surface area contributed by atoms with Gasteiger partial charge >= 0.3 is 6.03 Å². The molecular formula is C14H20N4O. The first-order valence-corrected chi connectivity index (χ1v) is 6.59. The van der Waals surface area contributed by atoms with E-state index < -0.39 is 0 Å². The molecule has 0 radical (unpaired) electrons. The minimum atomic E-state index is -0.0662. The van der Waals surface area contributed by atoms with Gasteiger partial charge in [-0.3, -0.25) is 5.41 Å². The van der Waals surface area contributed by atoms with Crippen LogP contribution in [0.2, 0.25) is 0 Å². The molecule has 0 bridgehead atoms. The number of piperidine rings is 1. The van der Waals surface area contributed by atoms with Crippen LogP contribution in [-0.2, 0) is 0 Å². The smallest absolute Gasteiger partial charge is 0.321 e. The fourth-order valence-electron chi connectivity index (χ4n) is 2.22. The number of hydrogen-bond donors (Lipinski definition) is 3. The number of likely N-dealkylation sites (tertiary alicyclic amines) is 1. The second-order valence-electron chi connectivity index (χ2n) is 4.92. The van der Waals surface area contributed by atoms with Crippen molar-refractivity contribution in [2.75, 3.05) is 18.4 Å². The number of carbonyl (C=O) groups excluding carboxylic acids is 1. The molecule has 19 heavy (non-hydrogen) atoms. The van der Waals surface area contributed by atoms with E-state index >= 15 is 0 Å². The Morgan fingerprint density at radius 2 is 2.00 bits per heavy atom. The number of hydrogen-bond acceptors (Lipinski definition) is 2. The van der Waals surface area contributed by atoms with Crippen molar-refractivity contribution in [3.05, 3.63) is 29.3 Å². The Kier molecular flexibility index (Phi) is 4.04. The summed E-state index contributed by atoms with van der Waals surface area (Å²) in [5.41, 5.74) is 7.78. The highest BCUT2D eigenvalue weighted by atomic mass is 16.2. The van der Waals surface area contributed by atoms with Gasteiger partial charge in [-0.1, -0.05) is 12.1 Å². The van der Waals surface area contributed by atoms with Crippen molar-refractivity contribution in [3.63, 3.8) is 0 Å². The van der Waals surface area contributed by atoms with Gasteiger partial charge in [-0.25, -0.2) is 4.79 Å². The number of aryl methyl sites for hydroxylation is 1. The van der Waals surface area contributed by atoms with E-state index in [0.717, 1.165) is 37.2 Å². The normalized spacial score (nSPS) is 15.1. The minimum absolute atomic E-state index is 0.00784. The lowest BCUT2D eigenvalue weighted by Gasteiger charge is -2.27. The summed E-state index contributed by atoms with van der Waals surface area (Å²) in [6.45, 7) is 3.56. The molecule has 1 heterocycles. The number of benzene rings is 1. The second kappa shape index (κ2) is 5.73. The highest BCUT2D eigenvalue weighted by Gasteiger charge is 2.17. The first-order valence-electron chi connectivity index (χ1n) is 6.59. The third-order valence-corrected chi connectivity index (χ3v) is 3.43. The van der Waals surface area contributed by atoms with Gasteiger partial charge < -0.3 is 16.0 Å². The molecule has 4 N–H and O–H groups in total. The summed E-state index contributed by atoms with van der Waals surface area (Å²) < 4.78 is 0. The fraction of sp³-hybridized carbons (Fsp3) is 0.429. The Balaban J connectivity index is 2.11. The van der Waals surface area contributed by atoms with Crippen LogP contribution in [0.5, 0.6) is 0 Å². The third kappa shape index (κ3) is 3.24. The topological polar surface area (TPSA) is 82.2 Å². The van der Waals surface area contributed by atoms with Gasteiger partial charge in [0.15, 0.2) is 0 Å². The van der Waals surface area contributed by atoms with Crippen molar-refractivity contribution >= 4 is 17.6 Å². The lowest BCUT2D eigenvalue weighted by Crippen LogP contribution is -2.38.